The van der Waals surface area contributed by atoms with Gasteiger partial charge in [0, 0.05) is 6.20 Å². The Kier molecular flexibility index (Phi) is 3.79. The number of benzene rings is 1. The number of carboxylic acids is 1. The highest BCUT2D eigenvalue weighted by Crippen LogP contribution is 2.30. The van der Waals surface area contributed by atoms with Crippen molar-refractivity contribution in [2.24, 2.45) is 0 Å². The fraction of sp³-hybridized carbons (Fsp3) is 0.0769. The zero-order valence-corrected chi connectivity index (χ0v) is 10.3. The van der Waals surface area contributed by atoms with Crippen molar-refractivity contribution in [1.29, 1.82) is 0 Å². The Bertz CT molecular complexity index is 686. The molecule has 0 fully saturated rings. The van der Waals surface area contributed by atoms with E-state index in [4.69, 9.17) is 5.11 Å². The molecule has 4 nitrogen and oxygen atoms in total. The molecule has 0 unspecified atom stereocenters. The summed E-state index contributed by atoms with van der Waals surface area (Å²) < 4.78 is 51.3. The van der Waals surface area contributed by atoms with Gasteiger partial charge >= 0.3 is 12.1 Å². The van der Waals surface area contributed by atoms with Crippen LogP contribution in [0.2, 0.25) is 0 Å². The number of nitrogens with one attached hydrogen (secondary N) is 1. The fourth-order valence-corrected chi connectivity index (χ4v) is 1.56. The van der Waals surface area contributed by atoms with E-state index in [9.17, 15) is 22.4 Å². The Morgan fingerprint density at radius 2 is 1.90 bits per heavy atom. The third kappa shape index (κ3) is 3.47. The molecule has 8 heteroatoms. The molecule has 0 radical (unpaired) electrons. The Balaban J connectivity index is 2.28. The predicted octanol–water partition coefficient (Wildman–Crippen LogP) is 3.68. The van der Waals surface area contributed by atoms with Crippen LogP contribution in [0.5, 0.6) is 0 Å². The molecule has 0 amide bonds. The van der Waals surface area contributed by atoms with Gasteiger partial charge in [-0.25, -0.2) is 14.2 Å². The monoisotopic (exact) mass is 300 g/mol. The zero-order chi connectivity index (χ0) is 15.6. The van der Waals surface area contributed by atoms with Crippen molar-refractivity contribution in [3.8, 4) is 0 Å². The van der Waals surface area contributed by atoms with Crippen LogP contribution in [0, 0.1) is 5.82 Å². The molecule has 0 aliphatic heterocycles. The number of nitrogens with zero attached hydrogens (tertiary/aromatic N) is 1. The smallest absolute Gasteiger partial charge is 0.416 e. The average Bonchev–Trinajstić information content (AvgIpc) is 2.40. The molecule has 0 aliphatic carbocycles. The number of pyridine rings is 1. The van der Waals surface area contributed by atoms with Crippen LogP contribution in [-0.2, 0) is 6.18 Å². The maximum Gasteiger partial charge on any atom is 0.416 e. The molecule has 0 atom stereocenters. The van der Waals surface area contributed by atoms with E-state index < -0.39 is 23.5 Å². The highest BCUT2D eigenvalue weighted by molar-refractivity contribution is 5.88. The van der Waals surface area contributed by atoms with E-state index >= 15 is 0 Å². The molecule has 110 valence electrons. The second-order valence-corrected chi connectivity index (χ2v) is 4.05. The zero-order valence-electron chi connectivity index (χ0n) is 10.3. The largest absolute Gasteiger partial charge is 0.478 e. The van der Waals surface area contributed by atoms with Crippen LogP contribution in [0.3, 0.4) is 0 Å². The number of hydrogen-bond donors (Lipinski definition) is 2. The van der Waals surface area contributed by atoms with Crippen molar-refractivity contribution >= 4 is 17.5 Å². The molecule has 21 heavy (non-hydrogen) atoms. The summed E-state index contributed by atoms with van der Waals surface area (Å²) in [5.41, 5.74) is -1.37. The molecule has 0 saturated heterocycles. The Hall–Kier alpha value is -2.64. The molecule has 1 aromatic heterocycles. The van der Waals surface area contributed by atoms with Crippen molar-refractivity contribution in [2.45, 2.75) is 6.18 Å². The molecule has 1 aromatic carbocycles. The highest BCUT2D eigenvalue weighted by Gasteiger charge is 2.30. The van der Waals surface area contributed by atoms with E-state index in [1.165, 1.54) is 0 Å². The van der Waals surface area contributed by atoms with Gasteiger partial charge in [0.1, 0.15) is 11.6 Å². The summed E-state index contributed by atoms with van der Waals surface area (Å²) >= 11 is 0. The van der Waals surface area contributed by atoms with Gasteiger partial charge in [0.05, 0.1) is 16.8 Å². The van der Waals surface area contributed by atoms with Crippen LogP contribution in [0.25, 0.3) is 0 Å². The van der Waals surface area contributed by atoms with Crippen LogP contribution >= 0.6 is 0 Å². The van der Waals surface area contributed by atoms with Gasteiger partial charge in [-0.3, -0.25) is 0 Å². The van der Waals surface area contributed by atoms with Crippen LogP contribution in [0.15, 0.2) is 36.5 Å². The van der Waals surface area contributed by atoms with Gasteiger partial charge in [0.25, 0.3) is 0 Å². The Morgan fingerprint density at radius 3 is 2.48 bits per heavy atom. The van der Waals surface area contributed by atoms with Gasteiger partial charge in [0.15, 0.2) is 0 Å². The third-order valence-electron chi connectivity index (χ3n) is 2.57. The lowest BCUT2D eigenvalue weighted by atomic mass is 10.2. The van der Waals surface area contributed by atoms with Crippen molar-refractivity contribution < 1.29 is 27.5 Å². The first-order valence-corrected chi connectivity index (χ1v) is 5.60. The van der Waals surface area contributed by atoms with Crippen molar-refractivity contribution in [3.05, 3.63) is 53.5 Å². The maximum atomic E-state index is 13.7. The number of aromatic carboxylic acids is 1. The summed E-state index contributed by atoms with van der Waals surface area (Å²) in [6.45, 7) is 0. The number of aromatic nitrogens is 1. The first kappa shape index (κ1) is 14.8. The number of carbonyl (C=O) groups is 1. The van der Waals surface area contributed by atoms with E-state index in [0.717, 1.165) is 36.5 Å². The van der Waals surface area contributed by atoms with Gasteiger partial charge in [-0.05, 0) is 30.3 Å². The molecule has 0 bridgehead atoms. The molecule has 0 saturated carbocycles. The molecule has 2 rings (SSSR count). The fourth-order valence-electron chi connectivity index (χ4n) is 1.56. The first-order valence-electron chi connectivity index (χ1n) is 5.60. The minimum absolute atomic E-state index is 0.174. The van der Waals surface area contributed by atoms with E-state index in [2.05, 4.69) is 10.3 Å². The average molecular weight is 300 g/mol. The van der Waals surface area contributed by atoms with Gasteiger partial charge in [-0.1, -0.05) is 0 Å². The minimum atomic E-state index is -4.54. The van der Waals surface area contributed by atoms with E-state index in [1.807, 2.05) is 0 Å². The van der Waals surface area contributed by atoms with Crippen LogP contribution in [0.4, 0.5) is 29.1 Å². The molecule has 0 spiro atoms. The first-order chi connectivity index (χ1) is 9.77. The highest BCUT2D eigenvalue weighted by atomic mass is 19.4. The SMILES string of the molecule is O=C(O)c1ccc(Nc2cc(C(F)(F)F)ccn2)c(F)c1. The van der Waals surface area contributed by atoms with Crippen LogP contribution in [-0.4, -0.2) is 16.1 Å². The molecule has 1 heterocycles. The van der Waals surface area contributed by atoms with Crippen LogP contribution < -0.4 is 5.32 Å². The maximum absolute atomic E-state index is 13.7. The molecule has 2 N–H and O–H groups in total. The second-order valence-electron chi connectivity index (χ2n) is 4.05. The van der Waals surface area contributed by atoms with Crippen molar-refractivity contribution in [3.63, 3.8) is 0 Å². The van der Waals surface area contributed by atoms with E-state index in [0.29, 0.717) is 0 Å². The summed E-state index contributed by atoms with van der Waals surface area (Å²) in [6, 6.07) is 4.51. The minimum Gasteiger partial charge on any atom is -0.478 e. The summed E-state index contributed by atoms with van der Waals surface area (Å²) in [6.07, 6.45) is -3.60. The van der Waals surface area contributed by atoms with Gasteiger partial charge < -0.3 is 10.4 Å². The number of halogens is 4. The summed E-state index contributed by atoms with van der Waals surface area (Å²) in [5, 5.41) is 11.1. The summed E-state index contributed by atoms with van der Waals surface area (Å²) in [4.78, 5) is 14.3. The van der Waals surface area contributed by atoms with Crippen molar-refractivity contribution in [1.82, 2.24) is 4.98 Å². The van der Waals surface area contributed by atoms with Gasteiger partial charge in [0.2, 0.25) is 0 Å². The number of hydrogen-bond acceptors (Lipinski definition) is 3. The Labute approximate surface area is 116 Å². The lowest BCUT2D eigenvalue weighted by Crippen LogP contribution is -2.06. The standard InChI is InChI=1S/C13H8F4N2O2/c14-9-5-7(12(20)21)1-2-10(9)19-11-6-8(3-4-18-11)13(15,16)17/h1-6H,(H,18,19)(H,20,21). The van der Waals surface area contributed by atoms with E-state index in [-0.39, 0.29) is 17.1 Å². The van der Waals surface area contributed by atoms with E-state index in [1.54, 1.807) is 0 Å². The number of anilines is 2. The number of carboxylic acid groups (broad SMARTS) is 1. The molecular formula is C13H8F4N2O2. The van der Waals surface area contributed by atoms with Crippen molar-refractivity contribution in [2.75, 3.05) is 5.32 Å². The summed E-state index contributed by atoms with van der Waals surface area (Å²) in [7, 11) is 0. The second kappa shape index (κ2) is 5.39. The van der Waals surface area contributed by atoms with Gasteiger partial charge in [-0.2, -0.15) is 13.2 Å². The quantitative estimate of drug-likeness (QED) is 0.849. The molecule has 2 aromatic rings. The summed E-state index contributed by atoms with van der Waals surface area (Å²) in [5.74, 6) is -2.42. The predicted molar refractivity (Wildman–Crippen MR) is 65.9 cm³/mol. The van der Waals surface area contributed by atoms with Gasteiger partial charge in [-0.15, -0.1) is 0 Å². The molecular weight excluding hydrogens is 292 g/mol. The topological polar surface area (TPSA) is 62.2 Å². The Morgan fingerprint density at radius 1 is 1.19 bits per heavy atom. The number of rotatable bonds is 3. The lowest BCUT2D eigenvalue weighted by molar-refractivity contribution is -0.137. The third-order valence-corrected chi connectivity index (χ3v) is 2.57. The lowest BCUT2D eigenvalue weighted by Gasteiger charge is -2.10. The number of alkyl halides is 3. The normalized spacial score (nSPS) is 11.2. The van der Waals surface area contributed by atoms with Crippen LogP contribution in [0.1, 0.15) is 15.9 Å². The molecule has 0 aliphatic rings.